The molecule has 13 heteroatoms. The van der Waals surface area contributed by atoms with Crippen LogP contribution in [0, 0.1) is 0 Å². The predicted octanol–water partition coefficient (Wildman–Crippen LogP) is 3.78. The Bertz CT molecular complexity index is 1480. The lowest BCUT2D eigenvalue weighted by molar-refractivity contribution is -0.137. The first-order chi connectivity index (χ1) is 17.9. The predicted molar refractivity (Wildman–Crippen MR) is 135 cm³/mol. The quantitative estimate of drug-likeness (QED) is 0.322. The molecule has 0 saturated carbocycles. The Kier molecular flexibility index (Phi) is 7.99. The minimum Gasteiger partial charge on any atom is -0.333 e. The van der Waals surface area contributed by atoms with Crippen LogP contribution in [0.15, 0.2) is 64.1 Å². The summed E-state index contributed by atoms with van der Waals surface area (Å²) in [6, 6.07) is 11.2. The van der Waals surface area contributed by atoms with Crippen molar-refractivity contribution >= 4 is 10.0 Å². The number of sulfonamides is 1. The summed E-state index contributed by atoms with van der Waals surface area (Å²) in [4.78, 5) is 6.46. The average molecular weight is 549 g/mol. The molecule has 2 aromatic carbocycles. The normalized spacial score (nSPS) is 12.4. The van der Waals surface area contributed by atoms with Crippen molar-refractivity contribution in [2.45, 2.75) is 23.9 Å². The number of aromatic nitrogens is 4. The van der Waals surface area contributed by atoms with Crippen LogP contribution in [0.25, 0.3) is 22.8 Å². The van der Waals surface area contributed by atoms with Crippen molar-refractivity contribution in [1.82, 2.24) is 29.5 Å². The van der Waals surface area contributed by atoms with Gasteiger partial charge in [0.1, 0.15) is 0 Å². The SMILES string of the molecule is CN(C)CCNS(=O)(=O)c1ccc(-c2noc(-c3cnn(C)c3CCc3ccc(C(F)(F)F)cc3)n2)cc1. The minimum atomic E-state index is -4.37. The number of likely N-dealkylation sites (N-methyl/N-ethyl adjacent to an activating group) is 1. The van der Waals surface area contributed by atoms with E-state index in [1.54, 1.807) is 30.1 Å². The molecule has 4 aromatic rings. The molecule has 0 aliphatic heterocycles. The molecule has 4 rings (SSSR count). The number of hydrogen-bond donors (Lipinski definition) is 1. The molecule has 0 fully saturated rings. The molecular formula is C25H27F3N6O3S. The standard InChI is InChI=1S/C25H27F3N6O3S/c1-33(2)15-14-30-38(35,36)20-11-7-18(8-12-20)23-31-24(37-32-23)21-16-29-34(3)22(21)13-6-17-4-9-19(10-5-17)25(26,27)28/h4-5,7-12,16,30H,6,13-15H2,1-3H3. The van der Waals surface area contributed by atoms with E-state index in [1.165, 1.54) is 24.3 Å². The summed E-state index contributed by atoms with van der Waals surface area (Å²) in [6.45, 7) is 0.862. The zero-order chi connectivity index (χ0) is 27.5. The van der Waals surface area contributed by atoms with Crippen LogP contribution in [0.3, 0.4) is 0 Å². The van der Waals surface area contributed by atoms with Crippen LogP contribution < -0.4 is 4.72 Å². The first-order valence-corrected chi connectivity index (χ1v) is 13.2. The van der Waals surface area contributed by atoms with Crippen molar-refractivity contribution in [3.8, 4) is 22.8 Å². The fraction of sp³-hybridized carbons (Fsp3) is 0.320. The van der Waals surface area contributed by atoms with E-state index in [4.69, 9.17) is 4.52 Å². The third-order valence-electron chi connectivity index (χ3n) is 5.92. The summed E-state index contributed by atoms with van der Waals surface area (Å²) in [5.74, 6) is 0.514. The fourth-order valence-electron chi connectivity index (χ4n) is 3.78. The number of nitrogens with one attached hydrogen (secondary N) is 1. The molecule has 0 saturated heterocycles. The molecule has 0 bridgehead atoms. The van der Waals surface area contributed by atoms with E-state index >= 15 is 0 Å². The molecule has 1 N–H and O–H groups in total. The van der Waals surface area contributed by atoms with Crippen LogP contribution in [-0.4, -0.2) is 60.4 Å². The third-order valence-corrected chi connectivity index (χ3v) is 7.40. The minimum absolute atomic E-state index is 0.126. The highest BCUT2D eigenvalue weighted by Crippen LogP contribution is 2.30. The summed E-state index contributed by atoms with van der Waals surface area (Å²) in [5, 5.41) is 8.30. The number of benzene rings is 2. The lowest BCUT2D eigenvalue weighted by atomic mass is 10.0. The first-order valence-electron chi connectivity index (χ1n) is 11.7. The Balaban J connectivity index is 1.46. The van der Waals surface area contributed by atoms with Crippen molar-refractivity contribution in [2.75, 3.05) is 27.2 Å². The zero-order valence-corrected chi connectivity index (χ0v) is 21.8. The number of hydrogen-bond acceptors (Lipinski definition) is 7. The van der Waals surface area contributed by atoms with Gasteiger partial charge in [0.25, 0.3) is 5.89 Å². The Morgan fingerprint density at radius 3 is 2.34 bits per heavy atom. The molecule has 38 heavy (non-hydrogen) atoms. The third kappa shape index (κ3) is 6.47. The van der Waals surface area contributed by atoms with Gasteiger partial charge < -0.3 is 9.42 Å². The van der Waals surface area contributed by atoms with Gasteiger partial charge in [0.15, 0.2) is 0 Å². The van der Waals surface area contributed by atoms with Crippen LogP contribution in [0.5, 0.6) is 0 Å². The average Bonchev–Trinajstić information content (AvgIpc) is 3.49. The number of rotatable bonds is 10. The maximum absolute atomic E-state index is 12.8. The smallest absolute Gasteiger partial charge is 0.333 e. The molecule has 0 aliphatic rings. The maximum atomic E-state index is 12.8. The van der Waals surface area contributed by atoms with Crippen LogP contribution in [0.2, 0.25) is 0 Å². The molecule has 9 nitrogen and oxygen atoms in total. The van der Waals surface area contributed by atoms with E-state index in [1.807, 2.05) is 19.0 Å². The van der Waals surface area contributed by atoms with Crippen molar-refractivity contribution in [3.63, 3.8) is 0 Å². The molecule has 0 unspecified atom stereocenters. The second-order valence-electron chi connectivity index (χ2n) is 8.97. The Morgan fingerprint density at radius 1 is 1.03 bits per heavy atom. The molecule has 202 valence electrons. The van der Waals surface area contributed by atoms with E-state index in [9.17, 15) is 21.6 Å². The van der Waals surface area contributed by atoms with Crippen molar-refractivity contribution in [3.05, 3.63) is 71.5 Å². The van der Waals surface area contributed by atoms with E-state index in [-0.39, 0.29) is 23.2 Å². The largest absolute Gasteiger partial charge is 0.416 e. The molecule has 0 atom stereocenters. The highest BCUT2D eigenvalue weighted by Gasteiger charge is 2.30. The summed E-state index contributed by atoms with van der Waals surface area (Å²) >= 11 is 0. The van der Waals surface area contributed by atoms with Gasteiger partial charge in [-0.05, 0) is 68.9 Å². The highest BCUT2D eigenvalue weighted by atomic mass is 32.2. The van der Waals surface area contributed by atoms with Gasteiger partial charge in [-0.2, -0.15) is 23.3 Å². The van der Waals surface area contributed by atoms with Crippen LogP contribution in [-0.2, 0) is 36.1 Å². The fourth-order valence-corrected chi connectivity index (χ4v) is 4.80. The topological polar surface area (TPSA) is 106 Å². The molecular weight excluding hydrogens is 521 g/mol. The van der Waals surface area contributed by atoms with Gasteiger partial charge in [0.2, 0.25) is 15.8 Å². The maximum Gasteiger partial charge on any atom is 0.416 e. The number of nitrogens with zero attached hydrogens (tertiary/aromatic N) is 5. The van der Waals surface area contributed by atoms with E-state index in [0.29, 0.717) is 30.5 Å². The second kappa shape index (κ2) is 11.1. The van der Waals surface area contributed by atoms with Gasteiger partial charge in [-0.25, -0.2) is 13.1 Å². The van der Waals surface area contributed by atoms with E-state index in [0.717, 1.165) is 23.4 Å². The first kappa shape index (κ1) is 27.5. The molecule has 0 aliphatic carbocycles. The van der Waals surface area contributed by atoms with E-state index < -0.39 is 21.8 Å². The lowest BCUT2D eigenvalue weighted by Crippen LogP contribution is -2.31. The summed E-state index contributed by atoms with van der Waals surface area (Å²) < 4.78 is 73.1. The lowest BCUT2D eigenvalue weighted by Gasteiger charge is -2.11. The molecule has 2 aromatic heterocycles. The zero-order valence-electron chi connectivity index (χ0n) is 21.0. The van der Waals surface area contributed by atoms with Crippen LogP contribution in [0.4, 0.5) is 13.2 Å². The summed E-state index contributed by atoms with van der Waals surface area (Å²) in [6.07, 6.45) is -1.80. The molecule has 2 heterocycles. The summed E-state index contributed by atoms with van der Waals surface area (Å²) in [7, 11) is 1.83. The van der Waals surface area contributed by atoms with Gasteiger partial charge in [-0.1, -0.05) is 17.3 Å². The Hall–Kier alpha value is -3.55. The Labute approximate surface area is 218 Å². The van der Waals surface area contributed by atoms with Crippen LogP contribution in [0.1, 0.15) is 16.8 Å². The van der Waals surface area contributed by atoms with Gasteiger partial charge >= 0.3 is 6.18 Å². The van der Waals surface area contributed by atoms with Gasteiger partial charge in [0.05, 0.1) is 27.9 Å². The molecule has 0 radical (unpaired) electrons. The Morgan fingerprint density at radius 2 is 1.71 bits per heavy atom. The number of alkyl halides is 3. The monoisotopic (exact) mass is 548 g/mol. The molecule has 0 spiro atoms. The second-order valence-corrected chi connectivity index (χ2v) is 10.7. The van der Waals surface area contributed by atoms with E-state index in [2.05, 4.69) is 20.0 Å². The van der Waals surface area contributed by atoms with Crippen molar-refractivity contribution < 1.29 is 26.1 Å². The van der Waals surface area contributed by atoms with Crippen molar-refractivity contribution in [1.29, 1.82) is 0 Å². The number of aryl methyl sites for hydroxylation is 2. The molecule has 0 amide bonds. The van der Waals surface area contributed by atoms with Gasteiger partial charge in [0, 0.05) is 25.7 Å². The summed E-state index contributed by atoms with van der Waals surface area (Å²) in [5.41, 5.74) is 2.03. The van der Waals surface area contributed by atoms with Gasteiger partial charge in [-0.15, -0.1) is 0 Å². The van der Waals surface area contributed by atoms with Crippen molar-refractivity contribution in [2.24, 2.45) is 7.05 Å². The highest BCUT2D eigenvalue weighted by molar-refractivity contribution is 7.89. The number of halogens is 3. The van der Waals surface area contributed by atoms with Gasteiger partial charge in [-0.3, -0.25) is 4.68 Å². The van der Waals surface area contributed by atoms with Crippen LogP contribution >= 0.6 is 0 Å².